The highest BCUT2D eigenvalue weighted by atomic mass is 79.9. The SMILES string of the molecule is COc1cc2c(cc1Br)CCC(C)C2C. The first-order chi connectivity index (χ1) is 7.13. The highest BCUT2D eigenvalue weighted by Crippen LogP contribution is 2.40. The summed E-state index contributed by atoms with van der Waals surface area (Å²) in [6.07, 6.45) is 2.50. The van der Waals surface area contributed by atoms with E-state index in [9.17, 15) is 0 Å². The minimum atomic E-state index is 0.649. The Hall–Kier alpha value is -0.500. The van der Waals surface area contributed by atoms with Crippen LogP contribution in [-0.4, -0.2) is 7.11 Å². The molecule has 2 heteroatoms. The smallest absolute Gasteiger partial charge is 0.133 e. The zero-order valence-corrected chi connectivity index (χ0v) is 11.1. The lowest BCUT2D eigenvalue weighted by Crippen LogP contribution is -2.16. The van der Waals surface area contributed by atoms with E-state index < -0.39 is 0 Å². The Bertz CT molecular complexity index is 373. The van der Waals surface area contributed by atoms with Crippen LogP contribution in [0.2, 0.25) is 0 Å². The van der Waals surface area contributed by atoms with Crippen LogP contribution in [0.1, 0.15) is 37.3 Å². The molecular formula is C13H17BrO. The van der Waals surface area contributed by atoms with Crippen LogP contribution >= 0.6 is 15.9 Å². The molecule has 1 aliphatic rings. The van der Waals surface area contributed by atoms with Crippen LogP contribution in [0.15, 0.2) is 16.6 Å². The summed E-state index contributed by atoms with van der Waals surface area (Å²) in [6, 6.07) is 4.41. The number of hydrogen-bond acceptors (Lipinski definition) is 1. The summed E-state index contributed by atoms with van der Waals surface area (Å²) < 4.78 is 6.42. The normalized spacial score (nSPS) is 24.8. The van der Waals surface area contributed by atoms with Gasteiger partial charge in [-0.3, -0.25) is 0 Å². The molecule has 0 amide bonds. The van der Waals surface area contributed by atoms with Crippen molar-refractivity contribution >= 4 is 15.9 Å². The zero-order valence-electron chi connectivity index (χ0n) is 9.51. The average Bonchev–Trinajstić information content (AvgIpc) is 2.23. The van der Waals surface area contributed by atoms with Crippen LogP contribution in [0, 0.1) is 5.92 Å². The molecule has 82 valence electrons. The van der Waals surface area contributed by atoms with Crippen LogP contribution in [0.3, 0.4) is 0 Å². The maximum absolute atomic E-state index is 5.35. The Kier molecular flexibility index (Phi) is 3.06. The van der Waals surface area contributed by atoms with Gasteiger partial charge >= 0.3 is 0 Å². The van der Waals surface area contributed by atoms with E-state index in [1.165, 1.54) is 24.0 Å². The molecule has 2 rings (SSSR count). The maximum Gasteiger partial charge on any atom is 0.133 e. The molecule has 0 saturated carbocycles. The van der Waals surface area contributed by atoms with Gasteiger partial charge in [0.15, 0.2) is 0 Å². The molecule has 1 aromatic carbocycles. The largest absolute Gasteiger partial charge is 0.496 e. The predicted molar refractivity (Wildman–Crippen MR) is 66.6 cm³/mol. The number of hydrogen-bond donors (Lipinski definition) is 0. The third-order valence-corrected chi connectivity index (χ3v) is 4.25. The Balaban J connectivity index is 2.48. The lowest BCUT2D eigenvalue weighted by molar-refractivity contribution is 0.400. The second kappa shape index (κ2) is 4.17. The fourth-order valence-corrected chi connectivity index (χ4v) is 2.90. The van der Waals surface area contributed by atoms with Crippen molar-refractivity contribution in [2.45, 2.75) is 32.6 Å². The average molecular weight is 269 g/mol. The molecule has 2 atom stereocenters. The van der Waals surface area contributed by atoms with E-state index in [4.69, 9.17) is 4.74 Å². The van der Waals surface area contributed by atoms with Gasteiger partial charge < -0.3 is 4.74 Å². The molecule has 1 nitrogen and oxygen atoms in total. The first-order valence-corrected chi connectivity index (χ1v) is 6.29. The highest BCUT2D eigenvalue weighted by Gasteiger charge is 2.24. The van der Waals surface area contributed by atoms with Crippen molar-refractivity contribution < 1.29 is 4.74 Å². The molecule has 0 N–H and O–H groups in total. The molecule has 0 bridgehead atoms. The van der Waals surface area contributed by atoms with Crippen LogP contribution < -0.4 is 4.74 Å². The quantitative estimate of drug-likeness (QED) is 0.744. The van der Waals surface area contributed by atoms with Gasteiger partial charge in [-0.25, -0.2) is 0 Å². The van der Waals surface area contributed by atoms with Crippen molar-refractivity contribution in [1.82, 2.24) is 0 Å². The lowest BCUT2D eigenvalue weighted by atomic mass is 9.77. The predicted octanol–water partition coefficient (Wildman–Crippen LogP) is 4.14. The second-order valence-corrected chi connectivity index (χ2v) is 5.34. The Morgan fingerprint density at radius 1 is 1.33 bits per heavy atom. The molecule has 0 radical (unpaired) electrons. The Morgan fingerprint density at radius 2 is 2.07 bits per heavy atom. The fourth-order valence-electron chi connectivity index (χ4n) is 2.35. The van der Waals surface area contributed by atoms with Gasteiger partial charge in [0.25, 0.3) is 0 Å². The number of ether oxygens (including phenoxy) is 1. The molecular weight excluding hydrogens is 252 g/mol. The number of fused-ring (bicyclic) bond motifs is 1. The number of methoxy groups -OCH3 is 1. The number of rotatable bonds is 1. The van der Waals surface area contributed by atoms with Crippen molar-refractivity contribution in [3.8, 4) is 5.75 Å². The van der Waals surface area contributed by atoms with Gasteiger partial charge in [-0.05, 0) is 63.9 Å². The van der Waals surface area contributed by atoms with E-state index >= 15 is 0 Å². The van der Waals surface area contributed by atoms with Gasteiger partial charge in [0, 0.05) is 0 Å². The maximum atomic E-state index is 5.35. The first kappa shape index (κ1) is 11.0. The van der Waals surface area contributed by atoms with E-state index in [1.807, 2.05) is 0 Å². The van der Waals surface area contributed by atoms with E-state index in [-0.39, 0.29) is 0 Å². The fraction of sp³-hybridized carbons (Fsp3) is 0.538. The standard InChI is InChI=1S/C13H17BrO/c1-8-4-5-10-6-12(14)13(15-3)7-11(10)9(8)2/h6-9H,4-5H2,1-3H3. The van der Waals surface area contributed by atoms with Gasteiger partial charge in [0.2, 0.25) is 0 Å². The highest BCUT2D eigenvalue weighted by molar-refractivity contribution is 9.10. The number of aryl methyl sites for hydroxylation is 1. The van der Waals surface area contributed by atoms with Gasteiger partial charge in [0.05, 0.1) is 11.6 Å². The molecule has 0 heterocycles. The van der Waals surface area contributed by atoms with Gasteiger partial charge in [-0.1, -0.05) is 13.8 Å². The van der Waals surface area contributed by atoms with E-state index in [0.717, 1.165) is 16.1 Å². The first-order valence-electron chi connectivity index (χ1n) is 5.49. The minimum absolute atomic E-state index is 0.649. The van der Waals surface area contributed by atoms with Crippen molar-refractivity contribution in [2.75, 3.05) is 7.11 Å². The molecule has 0 fully saturated rings. The third-order valence-electron chi connectivity index (χ3n) is 3.63. The van der Waals surface area contributed by atoms with Crippen molar-refractivity contribution in [2.24, 2.45) is 5.92 Å². The summed E-state index contributed by atoms with van der Waals surface area (Å²) in [7, 11) is 1.73. The van der Waals surface area contributed by atoms with Crippen molar-refractivity contribution in [1.29, 1.82) is 0 Å². The van der Waals surface area contributed by atoms with Crippen LogP contribution in [0.25, 0.3) is 0 Å². The van der Waals surface area contributed by atoms with Crippen LogP contribution in [0.4, 0.5) is 0 Å². The molecule has 15 heavy (non-hydrogen) atoms. The summed E-state index contributed by atoms with van der Waals surface area (Å²) in [4.78, 5) is 0. The second-order valence-electron chi connectivity index (χ2n) is 4.49. The number of halogens is 1. The Labute approximate surface area is 100.0 Å². The molecule has 0 saturated heterocycles. The summed E-state index contributed by atoms with van der Waals surface area (Å²) in [5.74, 6) is 2.38. The Morgan fingerprint density at radius 3 is 2.73 bits per heavy atom. The summed E-state index contributed by atoms with van der Waals surface area (Å²) in [5.41, 5.74) is 2.95. The van der Waals surface area contributed by atoms with Crippen molar-refractivity contribution in [3.63, 3.8) is 0 Å². The molecule has 1 aromatic rings. The lowest BCUT2D eigenvalue weighted by Gasteiger charge is -2.29. The monoisotopic (exact) mass is 268 g/mol. The van der Waals surface area contributed by atoms with Crippen LogP contribution in [0.5, 0.6) is 5.75 Å². The molecule has 1 aliphatic carbocycles. The molecule has 0 aliphatic heterocycles. The summed E-state index contributed by atoms with van der Waals surface area (Å²) in [6.45, 7) is 4.65. The van der Waals surface area contributed by atoms with E-state index in [1.54, 1.807) is 7.11 Å². The summed E-state index contributed by atoms with van der Waals surface area (Å²) >= 11 is 3.55. The van der Waals surface area contributed by atoms with Crippen LogP contribution in [-0.2, 0) is 6.42 Å². The van der Waals surface area contributed by atoms with E-state index in [2.05, 4.69) is 41.9 Å². The van der Waals surface area contributed by atoms with Crippen molar-refractivity contribution in [3.05, 3.63) is 27.7 Å². The zero-order chi connectivity index (χ0) is 11.0. The van der Waals surface area contributed by atoms with Gasteiger partial charge in [0.1, 0.15) is 5.75 Å². The topological polar surface area (TPSA) is 9.23 Å². The molecule has 0 spiro atoms. The molecule has 2 unspecified atom stereocenters. The minimum Gasteiger partial charge on any atom is -0.496 e. The van der Waals surface area contributed by atoms with Gasteiger partial charge in [-0.15, -0.1) is 0 Å². The summed E-state index contributed by atoms with van der Waals surface area (Å²) in [5, 5.41) is 0. The number of benzene rings is 1. The van der Waals surface area contributed by atoms with Gasteiger partial charge in [-0.2, -0.15) is 0 Å². The molecule has 0 aromatic heterocycles. The third kappa shape index (κ3) is 1.92. The van der Waals surface area contributed by atoms with E-state index in [0.29, 0.717) is 5.92 Å².